The predicted octanol–water partition coefficient (Wildman–Crippen LogP) is 2.18. The van der Waals surface area contributed by atoms with Gasteiger partial charge in [0, 0.05) is 86.2 Å². The lowest BCUT2D eigenvalue weighted by atomic mass is 9.90. The average Bonchev–Trinajstić information content (AvgIpc) is 1.16. The Morgan fingerprint density at radius 3 is 1.81 bits per heavy atom. The third-order valence-electron chi connectivity index (χ3n) is 18.9. The van der Waals surface area contributed by atoms with Crippen LogP contribution in [-0.4, -0.2) is 232 Å². The van der Waals surface area contributed by atoms with Gasteiger partial charge in [-0.2, -0.15) is 18.3 Å². The Bertz CT molecular complexity index is 4500. The van der Waals surface area contributed by atoms with Crippen LogP contribution in [-0.2, 0) is 68.5 Å². The fourth-order valence-corrected chi connectivity index (χ4v) is 13.4. The number of aliphatic carboxylic acids is 3. The first kappa shape index (κ1) is 85.4. The van der Waals surface area contributed by atoms with Gasteiger partial charge in [-0.3, -0.25) is 67.1 Å². The van der Waals surface area contributed by atoms with E-state index in [9.17, 15) is 111 Å². The van der Waals surface area contributed by atoms with Crippen LogP contribution < -0.4 is 48.4 Å². The van der Waals surface area contributed by atoms with E-state index in [4.69, 9.17) is 27.5 Å². The average molecular weight is 1580 g/mol. The lowest BCUT2D eigenvalue weighted by Crippen LogP contribution is -2.60. The Morgan fingerprint density at radius 1 is 0.652 bits per heavy atom. The Kier molecular flexibility index (Phi) is 29.3. The summed E-state index contributed by atoms with van der Waals surface area (Å²) in [4.78, 5) is 202. The van der Waals surface area contributed by atoms with Crippen LogP contribution in [0.1, 0.15) is 132 Å². The molecule has 0 radical (unpaired) electrons. The minimum Gasteiger partial charge on any atom is -0.508 e. The second-order valence-corrected chi connectivity index (χ2v) is 27.4. The van der Waals surface area contributed by atoms with Gasteiger partial charge in [0.05, 0.1) is 23.4 Å². The van der Waals surface area contributed by atoms with Crippen molar-refractivity contribution in [3.8, 4) is 28.2 Å². The number of carboxylic acid groups (broad SMARTS) is 4. The fourth-order valence-electron chi connectivity index (χ4n) is 13.2. The molecule has 9 atom stereocenters. The first-order chi connectivity index (χ1) is 53.0. The topological polar surface area (TPSA) is 526 Å². The van der Waals surface area contributed by atoms with Crippen LogP contribution in [0.15, 0.2) is 93.2 Å². The van der Waals surface area contributed by atoms with E-state index in [1.165, 1.54) is 47.4 Å². The van der Waals surface area contributed by atoms with E-state index in [-0.39, 0.29) is 109 Å². The number of hydrogen-bond acceptors (Lipinski definition) is 20. The van der Waals surface area contributed by atoms with Crippen molar-refractivity contribution in [2.24, 2.45) is 10.8 Å². The number of hydrazone groups is 1. The summed E-state index contributed by atoms with van der Waals surface area (Å²) in [6.07, 6.45) is -7.58. The van der Waals surface area contributed by atoms with Crippen molar-refractivity contribution in [1.82, 2.24) is 51.6 Å². The number of fused-ring (bicyclic) bond motifs is 2. The van der Waals surface area contributed by atoms with Gasteiger partial charge in [-0.05, 0) is 162 Å². The molecule has 4 aliphatic heterocycles. The number of nitrogens with zero attached hydrogens (tertiary/aromatic N) is 5. The van der Waals surface area contributed by atoms with E-state index < -0.39 is 194 Å². The Balaban J connectivity index is 0.875. The molecule has 3 aromatic rings. The maximum Gasteiger partial charge on any atom is 0.416 e. The van der Waals surface area contributed by atoms with Crippen LogP contribution in [0.25, 0.3) is 33.4 Å². The van der Waals surface area contributed by atoms with Crippen LogP contribution in [0.2, 0.25) is 0 Å². The Labute approximate surface area is 641 Å². The van der Waals surface area contributed by atoms with Crippen molar-refractivity contribution in [1.29, 1.82) is 0 Å². The number of aromatic hydroxyl groups is 1. The second kappa shape index (κ2) is 38.5. The number of rotatable bonds is 35. The van der Waals surface area contributed by atoms with Gasteiger partial charge in [0.2, 0.25) is 53.2 Å². The van der Waals surface area contributed by atoms with Crippen LogP contribution in [0.3, 0.4) is 0 Å². The molecule has 4 heterocycles. The summed E-state index contributed by atoms with van der Waals surface area (Å²) >= 11 is 5.57. The van der Waals surface area contributed by atoms with Gasteiger partial charge >= 0.3 is 30.1 Å². The SMILES string of the molecule is C[C@@H](NC(=O)[C@H](NC(=O)[C@H]1CCCN1C(=O)[C@@H](CCC(=O)O)NC(=O)[C@H]1CCCN1C(=O)CCCCNC(=S)Nc1ccc(C(=O)O)c(-c2c3ccc(=O)cc-3oc3cc(O)ccc23)c1)[C@@H](C)O)C(=O)N(CC(=O)N1CCC[C@@H]1C(=O)N[C@H](CCC(=O)O)C(=O)N[C@H](CCC(=O)O)C(N)=O)/N=C/c1ccc(C(F)(F)F)cc1. The predicted molar refractivity (Wildman–Crippen MR) is 393 cm³/mol. The molecule has 5 aliphatic rings. The third kappa shape index (κ3) is 22.7. The third-order valence-corrected chi connectivity index (χ3v) is 19.2. The van der Waals surface area contributed by atoms with E-state index >= 15 is 0 Å². The molecular formula is C73H84F3N13O22S. The lowest BCUT2D eigenvalue weighted by Gasteiger charge is -2.32. The molecule has 112 heavy (non-hydrogen) atoms. The quantitative estimate of drug-likeness (QED) is 0.00909. The number of primary amides is 1. The molecule has 1 aliphatic carbocycles. The van der Waals surface area contributed by atoms with Crippen LogP contribution in [0, 0.1) is 0 Å². The number of unbranched alkanes of at least 4 members (excludes halogenated alkanes) is 1. The van der Waals surface area contributed by atoms with E-state index in [1.807, 2.05) is 0 Å². The smallest absolute Gasteiger partial charge is 0.416 e. The monoisotopic (exact) mass is 1580 g/mol. The van der Waals surface area contributed by atoms with Crippen molar-refractivity contribution >= 4 is 123 Å². The standard InChI is InChI=1S/C73H84F3N13O22S/c1-37(69(107)89(79-35-39-12-14-40(15-13-39)73(74,75)76)36-57(94)87-30-6-9-52(87)65(103)83-49(23-26-59(97)98)64(102)82-48(63(77)101)22-25-58(95)96)80-68(106)62(38(2)90)85-67(105)53-10-7-31-88(53)70(108)50(24-27-60(99)100)84-66(104)51-8-5-29-86(51)56(93)11-3-4-28-78-72(112)81-41-16-19-44(71(109)110)47(32-41)61-45-20-17-42(91)33-54(45)111-55-34-43(92)18-21-46(55)61/h12-21,32-35,37-38,48-53,62,90-91H,3-11,22-31,36H2,1-2H3,(H2,77,101)(H,80,106)(H,82,102)(H,83,103)(H,84,104)(H,85,105)(H,95,96)(H,97,98)(H,99,100)(H,109,110)(H2,78,81,112)/b79-35+/t37-,38-,48-,49-,50-,51-,52-,53-,62-/m1/s1. The highest BCUT2D eigenvalue weighted by Gasteiger charge is 2.44. The number of aliphatic hydroxyl groups excluding tert-OH is 1. The maximum absolute atomic E-state index is 14.5. The van der Waals surface area contributed by atoms with Crippen molar-refractivity contribution in [3.05, 3.63) is 106 Å². The highest BCUT2D eigenvalue weighted by Crippen LogP contribution is 2.43. The number of nitrogens with one attached hydrogen (secondary N) is 7. The number of phenols is 1. The summed E-state index contributed by atoms with van der Waals surface area (Å²) in [5.74, 6) is -15.1. The number of carbonyl (C=O) groups excluding carboxylic acids is 10. The van der Waals surface area contributed by atoms with Gasteiger partial charge in [0.1, 0.15) is 72.0 Å². The molecule has 0 saturated carbocycles. The number of halogens is 3. The number of carboxylic acids is 4. The van der Waals surface area contributed by atoms with Gasteiger partial charge in [-0.25, -0.2) is 9.80 Å². The van der Waals surface area contributed by atoms with E-state index in [1.54, 1.807) is 12.1 Å². The number of carbonyl (C=O) groups is 14. The van der Waals surface area contributed by atoms with E-state index in [0.717, 1.165) is 42.0 Å². The minimum atomic E-state index is -4.75. The lowest BCUT2D eigenvalue weighted by molar-refractivity contribution is -0.146. The summed E-state index contributed by atoms with van der Waals surface area (Å²) in [5.41, 5.74) is 5.49. The summed E-state index contributed by atoms with van der Waals surface area (Å²) < 4.78 is 46.4. The molecule has 8 rings (SSSR count). The molecule has 35 nitrogen and oxygen atoms in total. The molecule has 3 saturated heterocycles. The zero-order valence-corrected chi connectivity index (χ0v) is 61.3. The summed E-state index contributed by atoms with van der Waals surface area (Å²) in [5, 5.41) is 82.9. The molecule has 39 heteroatoms. The van der Waals surface area contributed by atoms with Crippen LogP contribution in [0.4, 0.5) is 18.9 Å². The number of nitrogens with two attached hydrogens (primary N) is 1. The number of hydrogen-bond donors (Lipinski definition) is 14. The van der Waals surface area contributed by atoms with Crippen molar-refractivity contribution < 1.29 is 115 Å². The normalized spacial score (nSPS) is 17.1. The highest BCUT2D eigenvalue weighted by molar-refractivity contribution is 7.80. The van der Waals surface area contributed by atoms with Crippen LogP contribution in [0.5, 0.6) is 5.75 Å². The number of benzene rings is 4. The molecule has 10 amide bonds. The zero-order valence-electron chi connectivity index (χ0n) is 60.5. The first-order valence-corrected chi connectivity index (χ1v) is 36.1. The molecule has 0 spiro atoms. The molecule has 15 N–H and O–H groups in total. The number of aliphatic hydroxyl groups is 1. The number of phenolic OH excluding ortho intramolecular Hbond substituents is 1. The van der Waals surface area contributed by atoms with Gasteiger partial charge in [0.15, 0.2) is 10.5 Å². The molecule has 3 fully saturated rings. The zero-order chi connectivity index (χ0) is 82.0. The number of alkyl halides is 3. The van der Waals surface area contributed by atoms with Gasteiger partial charge in [0.25, 0.3) is 5.91 Å². The van der Waals surface area contributed by atoms with Crippen LogP contribution >= 0.6 is 12.2 Å². The van der Waals surface area contributed by atoms with Crippen molar-refractivity contribution in [2.75, 3.05) is 38.0 Å². The molecular weight excluding hydrogens is 1500 g/mol. The molecule has 600 valence electrons. The molecule has 0 aromatic heterocycles. The highest BCUT2D eigenvalue weighted by atomic mass is 32.1. The summed E-state index contributed by atoms with van der Waals surface area (Å²) in [7, 11) is 0. The van der Waals surface area contributed by atoms with Gasteiger partial charge < -0.3 is 92.7 Å². The van der Waals surface area contributed by atoms with Gasteiger partial charge in [-0.1, -0.05) is 12.1 Å². The molecule has 3 aromatic carbocycles. The number of aromatic carboxylic acids is 1. The van der Waals surface area contributed by atoms with Crippen molar-refractivity contribution in [3.63, 3.8) is 0 Å². The summed E-state index contributed by atoms with van der Waals surface area (Å²) in [6.45, 7) is 1.33. The number of thiocarbonyl (C=S) groups is 1. The van der Waals surface area contributed by atoms with E-state index in [2.05, 4.69) is 42.3 Å². The fraction of sp³-hybridized carbons (Fsp3) is 0.438. The maximum atomic E-state index is 14.5. The van der Waals surface area contributed by atoms with E-state index in [0.29, 0.717) is 58.6 Å². The number of likely N-dealkylation sites (tertiary alicyclic amines) is 3. The van der Waals surface area contributed by atoms with Crippen molar-refractivity contribution in [2.45, 2.75) is 171 Å². The largest absolute Gasteiger partial charge is 0.508 e. The second-order valence-electron chi connectivity index (χ2n) is 27.0. The first-order valence-electron chi connectivity index (χ1n) is 35.7. The molecule has 0 unspecified atom stereocenters. The Morgan fingerprint density at radius 2 is 1.22 bits per heavy atom. The number of amides is 10. The summed E-state index contributed by atoms with van der Waals surface area (Å²) in [6, 6.07) is 3.92. The number of anilines is 1. The molecule has 0 bridgehead atoms. The van der Waals surface area contributed by atoms with Gasteiger partial charge in [-0.15, -0.1) is 0 Å². The minimum absolute atomic E-state index is 0.0266. The Hall–Kier alpha value is -12.2.